The Hall–Kier alpha value is -1.93. The second-order valence-corrected chi connectivity index (χ2v) is 3.91. The molecule has 0 aromatic heterocycles. The smallest absolute Gasteiger partial charge is 0.387 e. The van der Waals surface area contributed by atoms with E-state index in [-0.39, 0.29) is 24.6 Å². The van der Waals surface area contributed by atoms with Gasteiger partial charge in [-0.25, -0.2) is 0 Å². The highest BCUT2D eigenvalue weighted by Crippen LogP contribution is 2.29. The highest BCUT2D eigenvalue weighted by molar-refractivity contribution is 5.78. The van der Waals surface area contributed by atoms with Crippen molar-refractivity contribution in [2.75, 3.05) is 13.7 Å². The maximum atomic E-state index is 12.2. The topological polar surface area (TPSA) is 93.8 Å². The van der Waals surface area contributed by atoms with E-state index in [1.54, 1.807) is 6.07 Å². The van der Waals surface area contributed by atoms with Crippen LogP contribution in [0.4, 0.5) is 8.78 Å². The summed E-state index contributed by atoms with van der Waals surface area (Å²) in [6, 6.07) is 4.51. The monoisotopic (exact) mass is 290 g/mol. The zero-order valence-corrected chi connectivity index (χ0v) is 10.8. The summed E-state index contributed by atoms with van der Waals surface area (Å²) in [5.41, 5.74) is 5.51. The number of amides is 1. The third-order valence-electron chi connectivity index (χ3n) is 2.44. The number of aliphatic hydroxyl groups is 1. The second kappa shape index (κ2) is 7.61. The van der Waals surface area contributed by atoms with Crippen LogP contribution in [0.3, 0.4) is 0 Å². The molecule has 0 fully saturated rings. The van der Waals surface area contributed by atoms with Gasteiger partial charge in [0.2, 0.25) is 5.91 Å². The number of nitrogens with one attached hydrogen (secondary N) is 1. The van der Waals surface area contributed by atoms with Crippen LogP contribution in [0.15, 0.2) is 18.2 Å². The SMILES string of the molecule is COc1ccc(CNCC(O)C(N)=O)cc1OC(F)F. The molecule has 0 heterocycles. The predicted octanol–water partition coefficient (Wildman–Crippen LogP) is 0.232. The standard InChI is InChI=1S/C12H16F2N2O4/c1-19-9-3-2-7(4-10(9)20-12(13)14)5-16-6-8(17)11(15)18/h2-4,8,12,16-17H,5-6H2,1H3,(H2,15,18). The van der Waals surface area contributed by atoms with E-state index in [1.807, 2.05) is 0 Å². The van der Waals surface area contributed by atoms with E-state index in [0.29, 0.717) is 5.56 Å². The Morgan fingerprint density at radius 1 is 1.45 bits per heavy atom. The minimum Gasteiger partial charge on any atom is -0.493 e. The first kappa shape index (κ1) is 16.1. The van der Waals surface area contributed by atoms with Crippen LogP contribution in [-0.2, 0) is 11.3 Å². The summed E-state index contributed by atoms with van der Waals surface area (Å²) in [5.74, 6) is -0.738. The van der Waals surface area contributed by atoms with Crippen molar-refractivity contribution < 1.29 is 28.2 Å². The van der Waals surface area contributed by atoms with Gasteiger partial charge in [-0.2, -0.15) is 8.78 Å². The Bertz CT molecular complexity index is 457. The second-order valence-electron chi connectivity index (χ2n) is 3.91. The lowest BCUT2D eigenvalue weighted by atomic mass is 10.2. The molecule has 1 aromatic rings. The molecule has 6 nitrogen and oxygen atoms in total. The number of nitrogens with two attached hydrogens (primary N) is 1. The molecule has 1 amide bonds. The predicted molar refractivity (Wildman–Crippen MR) is 66.5 cm³/mol. The van der Waals surface area contributed by atoms with E-state index in [1.165, 1.54) is 19.2 Å². The van der Waals surface area contributed by atoms with Crippen molar-refractivity contribution in [3.63, 3.8) is 0 Å². The summed E-state index contributed by atoms with van der Waals surface area (Å²) in [6.45, 7) is -2.75. The van der Waals surface area contributed by atoms with Crippen molar-refractivity contribution in [2.45, 2.75) is 19.3 Å². The number of carbonyl (C=O) groups excluding carboxylic acids is 1. The van der Waals surface area contributed by atoms with E-state index in [2.05, 4.69) is 10.1 Å². The molecule has 20 heavy (non-hydrogen) atoms. The molecule has 0 saturated carbocycles. The molecule has 0 bridgehead atoms. The average Bonchev–Trinajstić information content (AvgIpc) is 2.38. The van der Waals surface area contributed by atoms with Gasteiger partial charge >= 0.3 is 6.61 Å². The largest absolute Gasteiger partial charge is 0.493 e. The Morgan fingerprint density at radius 3 is 2.70 bits per heavy atom. The molecule has 0 aliphatic heterocycles. The van der Waals surface area contributed by atoms with Crippen molar-refractivity contribution in [2.24, 2.45) is 5.73 Å². The number of ether oxygens (including phenoxy) is 2. The maximum absolute atomic E-state index is 12.2. The van der Waals surface area contributed by atoms with Crippen LogP contribution in [-0.4, -0.2) is 37.4 Å². The van der Waals surface area contributed by atoms with Gasteiger partial charge < -0.3 is 25.6 Å². The molecule has 4 N–H and O–H groups in total. The lowest BCUT2D eigenvalue weighted by Crippen LogP contribution is -2.37. The summed E-state index contributed by atoms with van der Waals surface area (Å²) in [7, 11) is 1.34. The molecule has 0 radical (unpaired) electrons. The molecular formula is C12H16F2N2O4. The van der Waals surface area contributed by atoms with Crippen LogP contribution in [0.5, 0.6) is 11.5 Å². The molecule has 8 heteroatoms. The van der Waals surface area contributed by atoms with E-state index in [9.17, 15) is 18.7 Å². The van der Waals surface area contributed by atoms with Crippen LogP contribution in [0, 0.1) is 0 Å². The maximum Gasteiger partial charge on any atom is 0.387 e. The van der Waals surface area contributed by atoms with Crippen LogP contribution in [0.25, 0.3) is 0 Å². The minimum atomic E-state index is -2.95. The molecule has 1 unspecified atom stereocenters. The lowest BCUT2D eigenvalue weighted by Gasteiger charge is -2.12. The third-order valence-corrected chi connectivity index (χ3v) is 2.44. The van der Waals surface area contributed by atoms with Crippen molar-refractivity contribution >= 4 is 5.91 Å². The summed E-state index contributed by atoms with van der Waals surface area (Å²) >= 11 is 0. The number of benzene rings is 1. The first-order chi connectivity index (χ1) is 9.43. The first-order valence-corrected chi connectivity index (χ1v) is 5.74. The number of carbonyl (C=O) groups is 1. The van der Waals surface area contributed by atoms with Gasteiger partial charge in [-0.1, -0.05) is 6.07 Å². The molecule has 0 aliphatic rings. The quantitative estimate of drug-likeness (QED) is 0.637. The highest BCUT2D eigenvalue weighted by Gasteiger charge is 2.12. The fourth-order valence-electron chi connectivity index (χ4n) is 1.47. The first-order valence-electron chi connectivity index (χ1n) is 5.74. The Kier molecular flexibility index (Phi) is 6.13. The number of hydrogen-bond donors (Lipinski definition) is 3. The van der Waals surface area contributed by atoms with Crippen molar-refractivity contribution in [1.82, 2.24) is 5.32 Å². The number of aliphatic hydroxyl groups excluding tert-OH is 1. The minimum absolute atomic E-state index is 0.0353. The van der Waals surface area contributed by atoms with Crippen LogP contribution < -0.4 is 20.5 Å². The molecule has 1 rings (SSSR count). The zero-order valence-electron chi connectivity index (χ0n) is 10.8. The number of methoxy groups -OCH3 is 1. The number of rotatable bonds is 8. The molecule has 0 aliphatic carbocycles. The normalized spacial score (nSPS) is 12.2. The molecule has 0 spiro atoms. The Labute approximate surface area is 114 Å². The number of hydrogen-bond acceptors (Lipinski definition) is 5. The van der Waals surface area contributed by atoms with Gasteiger partial charge in [0.15, 0.2) is 11.5 Å². The summed E-state index contributed by atoms with van der Waals surface area (Å²) < 4.78 is 33.7. The zero-order chi connectivity index (χ0) is 15.1. The van der Waals surface area contributed by atoms with Gasteiger partial charge in [-0.05, 0) is 17.7 Å². The van der Waals surface area contributed by atoms with Crippen molar-refractivity contribution in [1.29, 1.82) is 0 Å². The summed E-state index contributed by atoms with van der Waals surface area (Å²) in [4.78, 5) is 10.6. The van der Waals surface area contributed by atoms with Crippen LogP contribution in [0.2, 0.25) is 0 Å². The summed E-state index contributed by atoms with van der Waals surface area (Å²) in [5, 5.41) is 11.9. The van der Waals surface area contributed by atoms with Gasteiger partial charge in [0, 0.05) is 13.1 Å². The van der Waals surface area contributed by atoms with E-state index < -0.39 is 18.6 Å². The number of primary amides is 1. The molecule has 1 atom stereocenters. The fraction of sp³-hybridized carbons (Fsp3) is 0.417. The van der Waals surface area contributed by atoms with Gasteiger partial charge in [0.1, 0.15) is 6.10 Å². The number of halogens is 2. The third kappa shape index (κ3) is 4.98. The summed E-state index contributed by atoms with van der Waals surface area (Å²) in [6.07, 6.45) is -1.30. The average molecular weight is 290 g/mol. The Morgan fingerprint density at radius 2 is 2.15 bits per heavy atom. The van der Waals surface area contributed by atoms with Crippen molar-refractivity contribution in [3.05, 3.63) is 23.8 Å². The van der Waals surface area contributed by atoms with Gasteiger partial charge in [0.05, 0.1) is 7.11 Å². The lowest BCUT2D eigenvalue weighted by molar-refractivity contribution is -0.125. The number of alkyl halides is 2. The Balaban J connectivity index is 2.64. The highest BCUT2D eigenvalue weighted by atomic mass is 19.3. The van der Waals surface area contributed by atoms with Gasteiger partial charge in [-0.3, -0.25) is 4.79 Å². The van der Waals surface area contributed by atoms with Crippen LogP contribution >= 0.6 is 0 Å². The van der Waals surface area contributed by atoms with E-state index >= 15 is 0 Å². The van der Waals surface area contributed by atoms with Gasteiger partial charge in [-0.15, -0.1) is 0 Å². The van der Waals surface area contributed by atoms with Crippen molar-refractivity contribution in [3.8, 4) is 11.5 Å². The van der Waals surface area contributed by atoms with Crippen LogP contribution in [0.1, 0.15) is 5.56 Å². The van der Waals surface area contributed by atoms with Gasteiger partial charge in [0.25, 0.3) is 0 Å². The molecule has 112 valence electrons. The molecule has 1 aromatic carbocycles. The van der Waals surface area contributed by atoms with E-state index in [4.69, 9.17) is 10.5 Å². The fourth-order valence-corrected chi connectivity index (χ4v) is 1.47. The molecule has 0 saturated heterocycles. The molecular weight excluding hydrogens is 274 g/mol. The van der Waals surface area contributed by atoms with E-state index in [0.717, 1.165) is 0 Å².